The quantitative estimate of drug-likeness (QED) is 0.590. The van der Waals surface area contributed by atoms with Gasteiger partial charge in [-0.05, 0) is 55.7 Å². The van der Waals surface area contributed by atoms with Gasteiger partial charge in [-0.15, -0.1) is 0 Å². The fraction of sp³-hybridized carbons (Fsp3) is 0.375. The van der Waals surface area contributed by atoms with Crippen molar-refractivity contribution in [3.8, 4) is 5.75 Å². The molecule has 0 spiro atoms. The maximum Gasteiger partial charge on any atom is 0.419 e. The van der Waals surface area contributed by atoms with Crippen molar-refractivity contribution in [2.75, 3.05) is 22.9 Å². The van der Waals surface area contributed by atoms with E-state index in [0.29, 0.717) is 29.0 Å². The number of nitrogens with zero attached hydrogens (tertiary/aromatic N) is 4. The van der Waals surface area contributed by atoms with Crippen LogP contribution in [0.25, 0.3) is 0 Å². The van der Waals surface area contributed by atoms with E-state index < -0.39 is 6.09 Å². The second-order valence-corrected chi connectivity index (χ2v) is 9.61. The van der Waals surface area contributed by atoms with Crippen LogP contribution in [-0.2, 0) is 4.79 Å². The van der Waals surface area contributed by atoms with E-state index in [9.17, 15) is 9.59 Å². The molecule has 2 aliphatic heterocycles. The Morgan fingerprint density at radius 1 is 1.06 bits per heavy atom. The molecule has 0 radical (unpaired) electrons. The number of carbonyl (C=O) groups excluding carboxylic acids is 2. The van der Waals surface area contributed by atoms with Crippen LogP contribution in [0.1, 0.15) is 38.2 Å². The fourth-order valence-electron chi connectivity index (χ4n) is 4.50. The molecule has 0 saturated heterocycles. The summed E-state index contributed by atoms with van der Waals surface area (Å²) in [5.74, 6) is 0.283. The van der Waals surface area contributed by atoms with Crippen molar-refractivity contribution >= 4 is 52.8 Å². The molecule has 1 fully saturated rings. The Balaban J connectivity index is 1.47. The van der Waals surface area contributed by atoms with Crippen LogP contribution < -0.4 is 14.5 Å². The third kappa shape index (κ3) is 4.27. The average Bonchev–Trinajstić information content (AvgIpc) is 3.51. The molecular weight excluding hydrogens is 463 g/mol. The molecule has 33 heavy (non-hydrogen) atoms. The summed E-state index contributed by atoms with van der Waals surface area (Å²) in [5, 5.41) is 7.41. The van der Waals surface area contributed by atoms with Gasteiger partial charge in [-0.2, -0.15) is 5.10 Å². The van der Waals surface area contributed by atoms with E-state index in [1.807, 2.05) is 31.3 Å². The molecule has 2 heterocycles. The van der Waals surface area contributed by atoms with Crippen LogP contribution in [0, 0.1) is 0 Å². The van der Waals surface area contributed by atoms with Crippen molar-refractivity contribution in [2.24, 2.45) is 5.10 Å². The molecular formula is C24H24Cl2N4O3. The molecule has 0 aromatic heterocycles. The topological polar surface area (TPSA) is 65.5 Å². The molecule has 2 atom stereocenters. The number of benzene rings is 2. The number of anilines is 2. The molecule has 1 saturated carbocycles. The maximum absolute atomic E-state index is 13.2. The summed E-state index contributed by atoms with van der Waals surface area (Å²) in [7, 11) is 0. The Labute approximate surface area is 202 Å². The van der Waals surface area contributed by atoms with E-state index in [1.54, 1.807) is 21.9 Å². The SMILES string of the molecule is CC(=O)N1c2ccc(C3C=NN(C4CC4)C3)cc2N(C(=O)Oc2ccc(Cl)cc2Cl)C[C@@H]1C. The minimum Gasteiger partial charge on any atom is -0.408 e. The smallest absolute Gasteiger partial charge is 0.408 e. The fourth-order valence-corrected chi connectivity index (χ4v) is 4.95. The normalized spacial score (nSPS) is 21.9. The maximum atomic E-state index is 13.2. The summed E-state index contributed by atoms with van der Waals surface area (Å²) in [6.45, 7) is 4.56. The second-order valence-electron chi connectivity index (χ2n) is 8.76. The van der Waals surface area contributed by atoms with Crippen LogP contribution in [0.3, 0.4) is 0 Å². The number of hydrogen-bond donors (Lipinski definition) is 0. The van der Waals surface area contributed by atoms with Crippen molar-refractivity contribution in [2.45, 2.75) is 44.7 Å². The molecule has 3 aliphatic rings. The molecule has 2 amide bonds. The van der Waals surface area contributed by atoms with Crippen molar-refractivity contribution in [3.05, 3.63) is 52.0 Å². The Morgan fingerprint density at radius 3 is 2.55 bits per heavy atom. The van der Waals surface area contributed by atoms with Crippen molar-refractivity contribution < 1.29 is 14.3 Å². The van der Waals surface area contributed by atoms with Gasteiger partial charge in [0.15, 0.2) is 5.75 Å². The molecule has 0 N–H and O–H groups in total. The monoisotopic (exact) mass is 486 g/mol. The Hall–Kier alpha value is -2.77. The minimum absolute atomic E-state index is 0.0763. The summed E-state index contributed by atoms with van der Waals surface area (Å²) in [4.78, 5) is 28.9. The van der Waals surface area contributed by atoms with Gasteiger partial charge in [0, 0.05) is 43.2 Å². The predicted octanol–water partition coefficient (Wildman–Crippen LogP) is 5.30. The first-order valence-electron chi connectivity index (χ1n) is 11.0. The summed E-state index contributed by atoms with van der Waals surface area (Å²) in [6, 6.07) is 10.9. The molecule has 1 aliphatic carbocycles. The number of amides is 2. The molecule has 7 nitrogen and oxygen atoms in total. The highest BCUT2D eigenvalue weighted by molar-refractivity contribution is 6.35. The van der Waals surface area contributed by atoms with Crippen LogP contribution in [0.2, 0.25) is 10.0 Å². The first kappa shape index (κ1) is 22.0. The van der Waals surface area contributed by atoms with Gasteiger partial charge in [0.1, 0.15) is 0 Å². The van der Waals surface area contributed by atoms with Gasteiger partial charge in [0.25, 0.3) is 0 Å². The molecule has 5 rings (SSSR count). The molecule has 1 unspecified atom stereocenters. The van der Waals surface area contributed by atoms with E-state index in [1.165, 1.54) is 25.8 Å². The lowest BCUT2D eigenvalue weighted by Gasteiger charge is -2.40. The number of fused-ring (bicyclic) bond motifs is 1. The van der Waals surface area contributed by atoms with E-state index in [0.717, 1.165) is 12.1 Å². The first-order valence-corrected chi connectivity index (χ1v) is 11.8. The van der Waals surface area contributed by atoms with Crippen molar-refractivity contribution in [3.63, 3.8) is 0 Å². The van der Waals surface area contributed by atoms with Gasteiger partial charge in [-0.3, -0.25) is 14.7 Å². The van der Waals surface area contributed by atoms with Gasteiger partial charge < -0.3 is 9.64 Å². The first-order chi connectivity index (χ1) is 15.8. The van der Waals surface area contributed by atoms with Crippen molar-refractivity contribution in [1.82, 2.24) is 5.01 Å². The summed E-state index contributed by atoms with van der Waals surface area (Å²) in [5.41, 5.74) is 2.35. The number of hydrazone groups is 1. The largest absolute Gasteiger partial charge is 0.419 e. The minimum atomic E-state index is -0.563. The molecule has 9 heteroatoms. The van der Waals surface area contributed by atoms with E-state index >= 15 is 0 Å². The summed E-state index contributed by atoms with van der Waals surface area (Å²) < 4.78 is 5.62. The summed E-state index contributed by atoms with van der Waals surface area (Å²) in [6.07, 6.45) is 3.77. The van der Waals surface area contributed by atoms with Crippen LogP contribution >= 0.6 is 23.2 Å². The van der Waals surface area contributed by atoms with Crippen molar-refractivity contribution in [1.29, 1.82) is 0 Å². The average molecular weight is 487 g/mol. The van der Waals surface area contributed by atoms with Crippen LogP contribution in [0.5, 0.6) is 5.75 Å². The number of ether oxygens (including phenoxy) is 1. The van der Waals surface area contributed by atoms with Gasteiger partial charge in [0.2, 0.25) is 5.91 Å². The summed E-state index contributed by atoms with van der Waals surface area (Å²) >= 11 is 12.2. The van der Waals surface area contributed by atoms with Gasteiger partial charge in [0.05, 0.1) is 22.4 Å². The number of carbonyl (C=O) groups is 2. The number of hydrogen-bond acceptors (Lipinski definition) is 5. The Morgan fingerprint density at radius 2 is 1.85 bits per heavy atom. The third-order valence-electron chi connectivity index (χ3n) is 6.26. The third-order valence-corrected chi connectivity index (χ3v) is 6.79. The molecule has 172 valence electrons. The van der Waals surface area contributed by atoms with Gasteiger partial charge in [-0.25, -0.2) is 4.79 Å². The van der Waals surface area contributed by atoms with E-state index in [-0.39, 0.29) is 28.6 Å². The van der Waals surface area contributed by atoms with Gasteiger partial charge in [-0.1, -0.05) is 29.3 Å². The Kier molecular flexibility index (Phi) is 5.70. The molecule has 0 bridgehead atoms. The lowest BCUT2D eigenvalue weighted by atomic mass is 9.97. The zero-order valence-corrected chi connectivity index (χ0v) is 19.9. The highest BCUT2D eigenvalue weighted by Gasteiger charge is 2.37. The zero-order valence-electron chi connectivity index (χ0n) is 18.4. The van der Waals surface area contributed by atoms with E-state index in [2.05, 4.69) is 10.1 Å². The van der Waals surface area contributed by atoms with Gasteiger partial charge >= 0.3 is 6.09 Å². The van der Waals surface area contributed by atoms with E-state index in [4.69, 9.17) is 27.9 Å². The lowest BCUT2D eigenvalue weighted by Crippen LogP contribution is -2.52. The zero-order chi connectivity index (χ0) is 23.3. The number of halogens is 2. The van der Waals surface area contributed by atoms with Crippen LogP contribution in [-0.4, -0.2) is 48.4 Å². The molecule has 2 aromatic rings. The lowest BCUT2D eigenvalue weighted by molar-refractivity contribution is -0.117. The second kappa shape index (κ2) is 8.54. The highest BCUT2D eigenvalue weighted by Crippen LogP contribution is 2.40. The Bertz CT molecular complexity index is 1150. The predicted molar refractivity (Wildman–Crippen MR) is 130 cm³/mol. The number of rotatable bonds is 3. The van der Waals surface area contributed by atoms with Crippen LogP contribution in [0.15, 0.2) is 41.5 Å². The van der Waals surface area contributed by atoms with Crippen LogP contribution in [0.4, 0.5) is 16.2 Å². The standard InChI is InChI=1S/C24H24Cl2N4O3/c1-14-12-28(24(32)33-23-8-4-18(25)10-20(23)26)22-9-16(3-7-21(22)30(14)15(2)31)17-11-27-29(13-17)19-5-6-19/h3-4,7-11,14,17,19H,5-6,12-13H2,1-2H3/t14-,17?/m0/s1. The molecule has 2 aromatic carbocycles. The highest BCUT2D eigenvalue weighted by atomic mass is 35.5.